The lowest BCUT2D eigenvalue weighted by Crippen LogP contribution is -2.09. The second-order valence-electron chi connectivity index (χ2n) is 5.10. The average molecular weight is 281 g/mol. The van der Waals surface area contributed by atoms with E-state index in [9.17, 15) is 0 Å². The van der Waals surface area contributed by atoms with Crippen LogP contribution in [0.4, 0.5) is 5.69 Å². The molecule has 1 aliphatic rings. The number of aromatic nitrogens is 2. The predicted octanol–water partition coefficient (Wildman–Crippen LogP) is 4.13. The molecule has 1 atom stereocenters. The molecule has 4 rings (SSSR count). The molecule has 0 radical (unpaired) electrons. The van der Waals surface area contributed by atoms with Crippen molar-refractivity contribution in [2.45, 2.75) is 17.9 Å². The molecular weight excluding hydrogens is 266 g/mol. The number of fused-ring (bicyclic) bond motifs is 2. The molecule has 2 heterocycles. The molecule has 2 aromatic carbocycles. The lowest BCUT2D eigenvalue weighted by atomic mass is 10.1. The third-order valence-corrected chi connectivity index (χ3v) is 4.82. The summed E-state index contributed by atoms with van der Waals surface area (Å²) >= 11 is 1.92. The van der Waals surface area contributed by atoms with E-state index >= 15 is 0 Å². The van der Waals surface area contributed by atoms with Crippen molar-refractivity contribution in [1.82, 2.24) is 9.97 Å². The monoisotopic (exact) mass is 281 g/mol. The Hall–Kier alpha value is -1.94. The highest BCUT2D eigenvalue weighted by Gasteiger charge is 2.22. The Bertz CT molecular complexity index is 778. The summed E-state index contributed by atoms with van der Waals surface area (Å²) in [5, 5.41) is 3.63. The zero-order chi connectivity index (χ0) is 13.5. The second kappa shape index (κ2) is 4.56. The van der Waals surface area contributed by atoms with Gasteiger partial charge in [-0.1, -0.05) is 18.2 Å². The third-order valence-electron chi connectivity index (χ3n) is 3.64. The Morgan fingerprint density at radius 2 is 2.15 bits per heavy atom. The molecule has 0 fully saturated rings. The number of nitrogens with zero attached hydrogens (tertiary/aromatic N) is 1. The van der Waals surface area contributed by atoms with Crippen LogP contribution in [0.2, 0.25) is 0 Å². The second-order valence-corrected chi connectivity index (χ2v) is 6.16. The highest BCUT2D eigenvalue weighted by atomic mass is 32.2. The van der Waals surface area contributed by atoms with Gasteiger partial charge >= 0.3 is 0 Å². The fraction of sp³-hybridized carbons (Fsp3) is 0.188. The average Bonchev–Trinajstić information content (AvgIpc) is 3.02. The van der Waals surface area contributed by atoms with Gasteiger partial charge in [0.1, 0.15) is 5.82 Å². The molecule has 3 aromatic rings. The molecule has 0 aliphatic carbocycles. The number of aromatic amines is 1. The van der Waals surface area contributed by atoms with Crippen molar-refractivity contribution in [1.29, 1.82) is 0 Å². The minimum atomic E-state index is 0.387. The fourth-order valence-electron chi connectivity index (χ4n) is 2.71. The standard InChI is InChI=1S/C16H15N3S/c1-10-17-13-7-6-11(8-14(13)18-10)19-15-9-20-16-5-3-2-4-12(15)16/h2-8,15,19H,9H2,1H3,(H,17,18). The van der Waals surface area contributed by atoms with Crippen molar-refractivity contribution in [3.05, 3.63) is 53.9 Å². The van der Waals surface area contributed by atoms with Gasteiger partial charge < -0.3 is 10.3 Å². The van der Waals surface area contributed by atoms with Crippen molar-refractivity contribution in [3.63, 3.8) is 0 Å². The molecule has 0 amide bonds. The lowest BCUT2D eigenvalue weighted by molar-refractivity contribution is 0.900. The highest BCUT2D eigenvalue weighted by molar-refractivity contribution is 7.99. The molecule has 0 bridgehead atoms. The Morgan fingerprint density at radius 3 is 3.10 bits per heavy atom. The molecule has 3 nitrogen and oxygen atoms in total. The van der Waals surface area contributed by atoms with E-state index in [-0.39, 0.29) is 0 Å². The van der Waals surface area contributed by atoms with Crippen LogP contribution in [-0.2, 0) is 0 Å². The number of nitrogens with one attached hydrogen (secondary N) is 2. The summed E-state index contributed by atoms with van der Waals surface area (Å²) in [6.07, 6.45) is 0. The summed E-state index contributed by atoms with van der Waals surface area (Å²) in [5.74, 6) is 2.04. The number of H-pyrrole nitrogens is 1. The summed E-state index contributed by atoms with van der Waals surface area (Å²) in [7, 11) is 0. The van der Waals surface area contributed by atoms with Gasteiger partial charge in [-0.3, -0.25) is 0 Å². The number of imidazole rings is 1. The number of benzene rings is 2. The van der Waals surface area contributed by atoms with Crippen LogP contribution in [0.5, 0.6) is 0 Å². The number of anilines is 1. The van der Waals surface area contributed by atoms with Crippen molar-refractivity contribution in [2.24, 2.45) is 0 Å². The van der Waals surface area contributed by atoms with E-state index in [4.69, 9.17) is 0 Å². The minimum Gasteiger partial charge on any atom is -0.377 e. The molecule has 100 valence electrons. The molecular formula is C16H15N3S. The summed E-state index contributed by atoms with van der Waals surface area (Å²) in [5.41, 5.74) is 4.66. The molecule has 0 spiro atoms. The maximum atomic E-state index is 4.43. The maximum Gasteiger partial charge on any atom is 0.104 e. The van der Waals surface area contributed by atoms with Crippen LogP contribution in [0.15, 0.2) is 47.4 Å². The van der Waals surface area contributed by atoms with Crippen LogP contribution in [0.3, 0.4) is 0 Å². The number of hydrogen-bond donors (Lipinski definition) is 2. The Balaban J connectivity index is 1.65. The predicted molar refractivity (Wildman–Crippen MR) is 84.4 cm³/mol. The topological polar surface area (TPSA) is 40.7 Å². The SMILES string of the molecule is Cc1nc2ccc(NC3CSc4ccccc43)cc2[nH]1. The van der Waals surface area contributed by atoms with Crippen molar-refractivity contribution < 1.29 is 0 Å². The van der Waals surface area contributed by atoms with Crippen molar-refractivity contribution in [3.8, 4) is 0 Å². The van der Waals surface area contributed by atoms with Gasteiger partial charge in [-0.2, -0.15) is 0 Å². The number of rotatable bonds is 2. The molecule has 20 heavy (non-hydrogen) atoms. The lowest BCUT2D eigenvalue weighted by Gasteiger charge is -2.14. The first-order chi connectivity index (χ1) is 9.79. The van der Waals surface area contributed by atoms with Crippen molar-refractivity contribution in [2.75, 3.05) is 11.1 Å². The molecule has 1 aromatic heterocycles. The Morgan fingerprint density at radius 1 is 1.25 bits per heavy atom. The summed E-state index contributed by atoms with van der Waals surface area (Å²) in [6.45, 7) is 1.98. The van der Waals surface area contributed by atoms with Crippen LogP contribution in [0.1, 0.15) is 17.4 Å². The van der Waals surface area contributed by atoms with E-state index in [1.807, 2.05) is 18.7 Å². The molecule has 2 N–H and O–H groups in total. The largest absolute Gasteiger partial charge is 0.377 e. The smallest absolute Gasteiger partial charge is 0.104 e. The van der Waals surface area contributed by atoms with E-state index in [0.717, 1.165) is 28.3 Å². The summed E-state index contributed by atoms with van der Waals surface area (Å²) in [6, 6.07) is 15.3. The van der Waals surface area contributed by atoms with Gasteiger partial charge in [0.05, 0.1) is 17.1 Å². The molecule has 0 saturated heterocycles. The van der Waals surface area contributed by atoms with Gasteiger partial charge in [0, 0.05) is 16.3 Å². The first-order valence-electron chi connectivity index (χ1n) is 6.74. The first kappa shape index (κ1) is 11.9. The van der Waals surface area contributed by atoms with Gasteiger partial charge in [-0.05, 0) is 36.8 Å². The van der Waals surface area contributed by atoms with E-state index in [2.05, 4.69) is 57.7 Å². The molecule has 0 saturated carbocycles. The summed E-state index contributed by atoms with van der Waals surface area (Å²) in [4.78, 5) is 9.11. The van der Waals surface area contributed by atoms with Gasteiger partial charge in [-0.15, -0.1) is 11.8 Å². The Labute approximate surface area is 121 Å². The zero-order valence-corrected chi connectivity index (χ0v) is 12.0. The third kappa shape index (κ3) is 1.96. The van der Waals surface area contributed by atoms with Gasteiger partial charge in [0.25, 0.3) is 0 Å². The van der Waals surface area contributed by atoms with Crippen LogP contribution in [-0.4, -0.2) is 15.7 Å². The van der Waals surface area contributed by atoms with Crippen molar-refractivity contribution >= 4 is 28.5 Å². The number of hydrogen-bond acceptors (Lipinski definition) is 3. The number of aryl methyl sites for hydroxylation is 1. The van der Waals surface area contributed by atoms with Crippen LogP contribution >= 0.6 is 11.8 Å². The van der Waals surface area contributed by atoms with Crippen LogP contribution in [0, 0.1) is 6.92 Å². The molecule has 1 aliphatic heterocycles. The Kier molecular flexibility index (Phi) is 2.70. The zero-order valence-electron chi connectivity index (χ0n) is 11.2. The van der Waals surface area contributed by atoms with Crippen LogP contribution < -0.4 is 5.32 Å². The van der Waals surface area contributed by atoms with Gasteiger partial charge in [0.15, 0.2) is 0 Å². The minimum absolute atomic E-state index is 0.387. The van der Waals surface area contributed by atoms with Gasteiger partial charge in [-0.25, -0.2) is 4.98 Å². The highest BCUT2D eigenvalue weighted by Crippen LogP contribution is 2.39. The van der Waals surface area contributed by atoms with Gasteiger partial charge in [0.2, 0.25) is 0 Å². The number of thioether (sulfide) groups is 1. The maximum absolute atomic E-state index is 4.43. The van der Waals surface area contributed by atoms with E-state index in [0.29, 0.717) is 6.04 Å². The normalized spacial score (nSPS) is 17.4. The van der Waals surface area contributed by atoms with E-state index in [1.165, 1.54) is 10.5 Å². The fourth-order valence-corrected chi connectivity index (χ4v) is 3.87. The van der Waals surface area contributed by atoms with E-state index < -0.39 is 0 Å². The van der Waals surface area contributed by atoms with Crippen LogP contribution in [0.25, 0.3) is 11.0 Å². The molecule has 4 heteroatoms. The van der Waals surface area contributed by atoms with E-state index in [1.54, 1.807) is 0 Å². The first-order valence-corrected chi connectivity index (χ1v) is 7.73. The molecule has 1 unspecified atom stereocenters. The quantitative estimate of drug-likeness (QED) is 0.742. The summed E-state index contributed by atoms with van der Waals surface area (Å²) < 4.78 is 0.